The molecule has 0 N–H and O–H groups in total. The quantitative estimate of drug-likeness (QED) is 0.557. The number of hydrogen-bond donors (Lipinski definition) is 0. The van der Waals surface area contributed by atoms with Crippen LogP contribution in [0, 0.1) is 0 Å². The van der Waals surface area contributed by atoms with Gasteiger partial charge in [0.15, 0.2) is 0 Å². The van der Waals surface area contributed by atoms with Gasteiger partial charge in [0.25, 0.3) is 0 Å². The van der Waals surface area contributed by atoms with Crippen molar-refractivity contribution < 1.29 is 17.9 Å². The van der Waals surface area contributed by atoms with E-state index in [1.54, 1.807) is 18.5 Å². The third-order valence-electron chi connectivity index (χ3n) is 6.02. The van der Waals surface area contributed by atoms with E-state index in [4.69, 9.17) is 21.3 Å². The van der Waals surface area contributed by atoms with Crippen LogP contribution in [0.15, 0.2) is 48.9 Å². The minimum absolute atomic E-state index is 0.395. The minimum atomic E-state index is -4.40. The Labute approximate surface area is 194 Å². The number of pyridine rings is 1. The van der Waals surface area contributed by atoms with E-state index in [0.717, 1.165) is 51.5 Å². The van der Waals surface area contributed by atoms with Crippen LogP contribution in [0.25, 0.3) is 22.5 Å². The summed E-state index contributed by atoms with van der Waals surface area (Å²) in [7, 11) is 0. The summed E-state index contributed by atoms with van der Waals surface area (Å²) in [6, 6.07) is 7.08. The fourth-order valence-corrected chi connectivity index (χ4v) is 4.34. The monoisotopic (exact) mass is 475 g/mol. The Morgan fingerprint density at radius 1 is 0.970 bits per heavy atom. The normalized spacial score (nSPS) is 17.8. The number of ether oxygens (including phenoxy) is 1. The molecule has 2 aliphatic rings. The van der Waals surface area contributed by atoms with Gasteiger partial charge in [-0.2, -0.15) is 13.2 Å². The molecule has 2 fully saturated rings. The molecule has 2 aromatic heterocycles. The van der Waals surface area contributed by atoms with Gasteiger partial charge < -0.3 is 9.64 Å². The minimum Gasteiger partial charge on any atom is -0.379 e. The van der Waals surface area contributed by atoms with E-state index in [-0.39, 0.29) is 0 Å². The lowest BCUT2D eigenvalue weighted by molar-refractivity contribution is -0.137. The molecule has 6 nitrogen and oxygen atoms in total. The Balaban J connectivity index is 1.46. The molecule has 10 heteroatoms. The van der Waals surface area contributed by atoms with Crippen LogP contribution in [0.4, 0.5) is 19.0 Å². The maximum absolute atomic E-state index is 13.0. The first-order valence-electron chi connectivity index (χ1n) is 10.6. The van der Waals surface area contributed by atoms with Crippen molar-refractivity contribution in [3.8, 4) is 22.5 Å². The molecule has 0 amide bonds. The standard InChI is InChI=1S/C23H21ClF3N5O/c24-19-11-28-6-5-18(19)22-21(15-1-3-16(4-2-15)23(25,26)27)29-12-20(30-22)32-13-17(14-32)31-7-9-33-10-8-31/h1-6,11-12,17H,7-10,13-14H2. The highest BCUT2D eigenvalue weighted by molar-refractivity contribution is 6.33. The summed E-state index contributed by atoms with van der Waals surface area (Å²) in [6.45, 7) is 5.02. The summed E-state index contributed by atoms with van der Waals surface area (Å²) in [4.78, 5) is 18.0. The highest BCUT2D eigenvalue weighted by Gasteiger charge is 2.34. The van der Waals surface area contributed by atoms with Crippen molar-refractivity contribution in [1.29, 1.82) is 0 Å². The smallest absolute Gasteiger partial charge is 0.379 e. The van der Waals surface area contributed by atoms with E-state index in [1.807, 2.05) is 0 Å². The molecule has 0 atom stereocenters. The van der Waals surface area contributed by atoms with Crippen LogP contribution in [-0.4, -0.2) is 65.3 Å². The second-order valence-corrected chi connectivity index (χ2v) is 8.47. The number of halogens is 4. The maximum atomic E-state index is 13.0. The molecule has 0 unspecified atom stereocenters. The van der Waals surface area contributed by atoms with Crippen LogP contribution in [0.5, 0.6) is 0 Å². The fourth-order valence-electron chi connectivity index (χ4n) is 4.13. The lowest BCUT2D eigenvalue weighted by Gasteiger charge is -2.47. The van der Waals surface area contributed by atoms with Crippen molar-refractivity contribution in [2.75, 3.05) is 44.3 Å². The van der Waals surface area contributed by atoms with Gasteiger partial charge in [-0.1, -0.05) is 23.7 Å². The number of hydrogen-bond acceptors (Lipinski definition) is 6. The van der Waals surface area contributed by atoms with Crippen LogP contribution < -0.4 is 4.90 Å². The zero-order chi connectivity index (χ0) is 23.0. The van der Waals surface area contributed by atoms with Crippen LogP contribution in [-0.2, 0) is 10.9 Å². The molecule has 2 aliphatic heterocycles. The average molecular weight is 476 g/mol. The first-order chi connectivity index (χ1) is 15.9. The Morgan fingerprint density at radius 3 is 2.36 bits per heavy atom. The number of alkyl halides is 3. The second kappa shape index (κ2) is 8.89. The van der Waals surface area contributed by atoms with Crippen LogP contribution in [0.1, 0.15) is 5.56 Å². The summed E-state index contributed by atoms with van der Waals surface area (Å²) in [5.74, 6) is 0.707. The SMILES string of the molecule is FC(F)(F)c1ccc(-c2ncc(N3CC(N4CCOCC4)C3)nc2-c2ccncc2Cl)cc1. The lowest BCUT2D eigenvalue weighted by atomic mass is 10.0. The van der Waals surface area contributed by atoms with Crippen molar-refractivity contribution >= 4 is 17.4 Å². The summed E-state index contributed by atoms with van der Waals surface area (Å²) in [6.07, 6.45) is 0.380. The number of anilines is 1. The molecule has 4 heterocycles. The molecule has 5 rings (SSSR count). The highest BCUT2D eigenvalue weighted by atomic mass is 35.5. The summed E-state index contributed by atoms with van der Waals surface area (Å²) >= 11 is 6.40. The molecule has 1 aromatic carbocycles. The third-order valence-corrected chi connectivity index (χ3v) is 6.32. The maximum Gasteiger partial charge on any atom is 0.416 e. The number of aromatic nitrogens is 3. The summed E-state index contributed by atoms with van der Waals surface area (Å²) in [5.41, 5.74) is 1.41. The number of benzene rings is 1. The van der Waals surface area contributed by atoms with E-state index in [9.17, 15) is 13.2 Å². The van der Waals surface area contributed by atoms with Crippen LogP contribution in [0.2, 0.25) is 5.02 Å². The molecule has 33 heavy (non-hydrogen) atoms. The van der Waals surface area contributed by atoms with E-state index >= 15 is 0 Å². The molecular formula is C23H21ClF3N5O. The lowest BCUT2D eigenvalue weighted by Crippen LogP contribution is -2.61. The first-order valence-corrected chi connectivity index (χ1v) is 11.0. The first kappa shape index (κ1) is 22.1. The largest absolute Gasteiger partial charge is 0.416 e. The van der Waals surface area contributed by atoms with Gasteiger partial charge >= 0.3 is 6.18 Å². The number of rotatable bonds is 4. The molecule has 0 bridgehead atoms. The van der Waals surface area contributed by atoms with Crippen LogP contribution >= 0.6 is 11.6 Å². The van der Waals surface area contributed by atoms with E-state index < -0.39 is 11.7 Å². The molecule has 3 aromatic rings. The molecule has 0 aliphatic carbocycles. The van der Waals surface area contributed by atoms with Crippen molar-refractivity contribution in [3.05, 3.63) is 59.5 Å². The van der Waals surface area contributed by atoms with Crippen molar-refractivity contribution in [2.45, 2.75) is 12.2 Å². The molecule has 172 valence electrons. The molecule has 0 radical (unpaired) electrons. The zero-order valence-corrected chi connectivity index (χ0v) is 18.4. The molecule has 0 spiro atoms. The van der Waals surface area contributed by atoms with E-state index in [0.29, 0.717) is 39.4 Å². The second-order valence-electron chi connectivity index (χ2n) is 8.06. The predicted octanol–water partition coefficient (Wildman–Crippen LogP) is 4.40. The van der Waals surface area contributed by atoms with Gasteiger partial charge in [-0.05, 0) is 18.2 Å². The highest BCUT2D eigenvalue weighted by Crippen LogP contribution is 2.36. The molecule has 2 saturated heterocycles. The fraction of sp³-hybridized carbons (Fsp3) is 0.348. The van der Waals surface area contributed by atoms with Crippen LogP contribution in [0.3, 0.4) is 0 Å². The Hall–Kier alpha value is -2.75. The van der Waals surface area contributed by atoms with Gasteiger partial charge in [0, 0.05) is 55.7 Å². The number of nitrogens with zero attached hydrogens (tertiary/aromatic N) is 5. The Morgan fingerprint density at radius 2 is 1.70 bits per heavy atom. The van der Waals surface area contributed by atoms with Crippen molar-refractivity contribution in [3.63, 3.8) is 0 Å². The van der Waals surface area contributed by atoms with Gasteiger partial charge in [-0.15, -0.1) is 0 Å². The van der Waals surface area contributed by atoms with E-state index in [1.165, 1.54) is 18.3 Å². The Bertz CT molecular complexity index is 1130. The van der Waals surface area contributed by atoms with Gasteiger partial charge in [-0.3, -0.25) is 14.9 Å². The van der Waals surface area contributed by atoms with Gasteiger partial charge in [0.2, 0.25) is 0 Å². The van der Waals surface area contributed by atoms with Gasteiger partial charge in [0.1, 0.15) is 11.5 Å². The summed E-state index contributed by atoms with van der Waals surface area (Å²) in [5, 5.41) is 0.395. The van der Waals surface area contributed by atoms with E-state index in [2.05, 4.69) is 19.8 Å². The predicted molar refractivity (Wildman–Crippen MR) is 119 cm³/mol. The molecular weight excluding hydrogens is 455 g/mol. The van der Waals surface area contributed by atoms with Gasteiger partial charge in [-0.25, -0.2) is 4.98 Å². The third kappa shape index (κ3) is 4.53. The van der Waals surface area contributed by atoms with Gasteiger partial charge in [0.05, 0.1) is 35.7 Å². The Kier molecular flexibility index (Phi) is 5.94. The topological polar surface area (TPSA) is 54.4 Å². The number of morpholine rings is 1. The van der Waals surface area contributed by atoms with Crippen molar-refractivity contribution in [2.24, 2.45) is 0 Å². The zero-order valence-electron chi connectivity index (χ0n) is 17.6. The van der Waals surface area contributed by atoms with Crippen molar-refractivity contribution in [1.82, 2.24) is 19.9 Å². The average Bonchev–Trinajstić information content (AvgIpc) is 2.79. The molecule has 0 saturated carbocycles. The summed E-state index contributed by atoms with van der Waals surface area (Å²) < 4.78 is 44.4.